The summed E-state index contributed by atoms with van der Waals surface area (Å²) in [6.45, 7) is 1.84. The van der Waals surface area contributed by atoms with Crippen LogP contribution in [-0.4, -0.2) is 57.7 Å². The lowest BCUT2D eigenvalue weighted by atomic mass is 10.1. The normalized spacial score (nSPS) is 13.8. The molecule has 0 aliphatic carbocycles. The smallest absolute Gasteiger partial charge is 0.364 e. The van der Waals surface area contributed by atoms with Crippen molar-refractivity contribution in [1.82, 2.24) is 19.7 Å². The van der Waals surface area contributed by atoms with Crippen molar-refractivity contribution in [3.63, 3.8) is 0 Å². The van der Waals surface area contributed by atoms with Gasteiger partial charge < -0.3 is 15.1 Å². The second-order valence-corrected chi connectivity index (χ2v) is 9.33. The third-order valence-electron chi connectivity index (χ3n) is 6.61. The number of aromatic nitrogens is 3. The van der Waals surface area contributed by atoms with Crippen molar-refractivity contribution >= 4 is 23.2 Å². The van der Waals surface area contributed by atoms with Gasteiger partial charge in [-0.15, -0.1) is 0 Å². The molecular formula is C28H23F5N6O2. The molecule has 1 N–H and O–H groups in total. The second-order valence-electron chi connectivity index (χ2n) is 9.33. The molecule has 0 unspecified atom stereocenters. The average molecular weight is 571 g/mol. The lowest BCUT2D eigenvalue weighted by Crippen LogP contribution is -2.49. The van der Waals surface area contributed by atoms with E-state index in [2.05, 4.69) is 15.4 Å². The van der Waals surface area contributed by atoms with E-state index >= 15 is 0 Å². The number of piperazine rings is 1. The number of nitrogens with zero attached hydrogens (tertiary/aromatic N) is 5. The fourth-order valence-electron chi connectivity index (χ4n) is 4.64. The summed E-state index contributed by atoms with van der Waals surface area (Å²) in [5.74, 6) is -3.05. The maximum Gasteiger partial charge on any atom is 0.416 e. The molecule has 13 heteroatoms. The summed E-state index contributed by atoms with van der Waals surface area (Å²) in [6, 6.07) is 11.5. The molecule has 0 spiro atoms. The molecule has 8 nitrogen and oxygen atoms in total. The van der Waals surface area contributed by atoms with Gasteiger partial charge in [0.15, 0.2) is 17.3 Å². The van der Waals surface area contributed by atoms with E-state index in [1.165, 1.54) is 34.7 Å². The van der Waals surface area contributed by atoms with Crippen LogP contribution >= 0.6 is 0 Å². The van der Waals surface area contributed by atoms with Gasteiger partial charge in [0, 0.05) is 51.1 Å². The van der Waals surface area contributed by atoms with Gasteiger partial charge in [0.1, 0.15) is 5.69 Å². The summed E-state index contributed by atoms with van der Waals surface area (Å²) in [4.78, 5) is 32.1. The first-order chi connectivity index (χ1) is 19.5. The molecule has 4 aromatic rings. The Hall–Kier alpha value is -4.81. The van der Waals surface area contributed by atoms with Gasteiger partial charge in [-0.05, 0) is 54.6 Å². The number of pyridine rings is 1. The summed E-state index contributed by atoms with van der Waals surface area (Å²) >= 11 is 0. The highest BCUT2D eigenvalue weighted by Gasteiger charge is 2.31. The van der Waals surface area contributed by atoms with Crippen molar-refractivity contribution in [2.75, 3.05) is 36.4 Å². The van der Waals surface area contributed by atoms with E-state index in [1.807, 2.05) is 0 Å². The number of benzene rings is 2. The van der Waals surface area contributed by atoms with Gasteiger partial charge >= 0.3 is 6.18 Å². The summed E-state index contributed by atoms with van der Waals surface area (Å²) < 4.78 is 69.5. The third kappa shape index (κ3) is 5.74. The predicted molar refractivity (Wildman–Crippen MR) is 141 cm³/mol. The molecule has 3 heterocycles. The van der Waals surface area contributed by atoms with Crippen LogP contribution in [0.15, 0.2) is 67.0 Å². The number of alkyl halides is 3. The lowest BCUT2D eigenvalue weighted by Gasteiger charge is -2.36. The molecule has 2 aromatic heterocycles. The SMILES string of the molecule is CC(=O)Nc1ccc(F)c(F)c1N1CCN(C(=O)c2cc(-c3ccncc3)n(-c3ccc(C(F)(F)F)cc3)n2)CC1. The van der Waals surface area contributed by atoms with Gasteiger partial charge in [-0.1, -0.05) is 0 Å². The number of hydrogen-bond acceptors (Lipinski definition) is 5. The van der Waals surface area contributed by atoms with Crippen LogP contribution in [0.25, 0.3) is 16.9 Å². The van der Waals surface area contributed by atoms with E-state index < -0.39 is 35.2 Å². The van der Waals surface area contributed by atoms with Crippen molar-refractivity contribution in [3.05, 3.63) is 89.9 Å². The molecule has 5 rings (SSSR count). The Kier molecular flexibility index (Phi) is 7.43. The highest BCUT2D eigenvalue weighted by atomic mass is 19.4. The second kappa shape index (κ2) is 11.0. The molecule has 0 radical (unpaired) electrons. The maximum absolute atomic E-state index is 14.7. The zero-order valence-corrected chi connectivity index (χ0v) is 21.6. The largest absolute Gasteiger partial charge is 0.416 e. The standard InChI is InChI=1S/C28H23F5N6O2/c1-17(40)35-22-7-6-21(29)25(30)26(22)37-12-14-38(15-13-37)27(41)23-16-24(18-8-10-34-11-9-18)39(36-23)20-4-2-19(3-5-20)28(31,32)33/h2-11,16H,12-15H2,1H3,(H,35,40). The van der Waals surface area contributed by atoms with Gasteiger partial charge in [0.05, 0.1) is 22.6 Å². The maximum atomic E-state index is 14.7. The van der Waals surface area contributed by atoms with Crippen molar-refractivity contribution < 1.29 is 31.5 Å². The third-order valence-corrected chi connectivity index (χ3v) is 6.61. The topological polar surface area (TPSA) is 83.4 Å². The number of halogens is 5. The first-order valence-corrected chi connectivity index (χ1v) is 12.5. The van der Waals surface area contributed by atoms with E-state index in [-0.39, 0.29) is 43.2 Å². The Morgan fingerprint density at radius 2 is 1.56 bits per heavy atom. The number of carbonyl (C=O) groups is 2. The van der Waals surface area contributed by atoms with E-state index in [9.17, 15) is 31.5 Å². The molecule has 2 aromatic carbocycles. The number of nitrogens with one attached hydrogen (secondary N) is 1. The number of rotatable bonds is 5. The molecule has 212 valence electrons. The van der Waals surface area contributed by atoms with Gasteiger partial charge in [-0.3, -0.25) is 14.6 Å². The number of hydrogen-bond donors (Lipinski definition) is 1. The van der Waals surface area contributed by atoms with Crippen molar-refractivity contribution in [3.8, 4) is 16.9 Å². The van der Waals surface area contributed by atoms with Crippen LogP contribution in [0.3, 0.4) is 0 Å². The van der Waals surface area contributed by atoms with E-state index in [0.29, 0.717) is 16.9 Å². The Morgan fingerprint density at radius 1 is 0.902 bits per heavy atom. The predicted octanol–water partition coefficient (Wildman–Crippen LogP) is 5.15. The van der Waals surface area contributed by atoms with E-state index in [0.717, 1.165) is 18.2 Å². The molecule has 0 saturated carbocycles. The minimum Gasteiger partial charge on any atom is -0.364 e. The van der Waals surface area contributed by atoms with Crippen LogP contribution in [0.1, 0.15) is 23.0 Å². The van der Waals surface area contributed by atoms with Gasteiger partial charge in [0.25, 0.3) is 5.91 Å². The monoisotopic (exact) mass is 570 g/mol. The quantitative estimate of drug-likeness (QED) is 0.336. The first kappa shape index (κ1) is 27.7. The number of anilines is 2. The van der Waals surface area contributed by atoms with Crippen molar-refractivity contribution in [2.24, 2.45) is 0 Å². The number of amides is 2. The van der Waals surface area contributed by atoms with Crippen LogP contribution in [0.4, 0.5) is 33.3 Å². The molecule has 2 amide bonds. The zero-order chi connectivity index (χ0) is 29.3. The van der Waals surface area contributed by atoms with Gasteiger partial charge in [0.2, 0.25) is 5.91 Å². The molecule has 1 aliphatic rings. The fraction of sp³-hybridized carbons (Fsp3) is 0.214. The number of carbonyl (C=O) groups excluding carboxylic acids is 2. The summed E-state index contributed by atoms with van der Waals surface area (Å²) in [6.07, 6.45) is -1.42. The molecule has 0 bridgehead atoms. The highest BCUT2D eigenvalue weighted by molar-refractivity contribution is 5.94. The molecule has 41 heavy (non-hydrogen) atoms. The average Bonchev–Trinajstić information content (AvgIpc) is 3.40. The molecular weight excluding hydrogens is 547 g/mol. The minimum atomic E-state index is -4.50. The van der Waals surface area contributed by atoms with E-state index in [1.54, 1.807) is 35.5 Å². The van der Waals surface area contributed by atoms with Crippen LogP contribution in [-0.2, 0) is 11.0 Å². The van der Waals surface area contributed by atoms with Crippen LogP contribution in [0, 0.1) is 11.6 Å². The Bertz CT molecular complexity index is 1580. The van der Waals surface area contributed by atoms with Crippen LogP contribution < -0.4 is 10.2 Å². The lowest BCUT2D eigenvalue weighted by molar-refractivity contribution is -0.137. The first-order valence-electron chi connectivity index (χ1n) is 12.5. The fourth-order valence-corrected chi connectivity index (χ4v) is 4.64. The van der Waals surface area contributed by atoms with Gasteiger partial charge in [-0.2, -0.15) is 18.3 Å². The van der Waals surface area contributed by atoms with Crippen LogP contribution in [0.5, 0.6) is 0 Å². The van der Waals surface area contributed by atoms with E-state index in [4.69, 9.17) is 0 Å². The molecule has 1 fully saturated rings. The molecule has 1 aliphatic heterocycles. The summed E-state index contributed by atoms with van der Waals surface area (Å²) in [5, 5.41) is 6.93. The zero-order valence-electron chi connectivity index (χ0n) is 21.6. The van der Waals surface area contributed by atoms with Gasteiger partial charge in [-0.25, -0.2) is 13.5 Å². The molecule has 1 saturated heterocycles. The molecule has 0 atom stereocenters. The highest BCUT2D eigenvalue weighted by Crippen LogP contribution is 2.33. The Morgan fingerprint density at radius 3 is 2.17 bits per heavy atom. The summed E-state index contributed by atoms with van der Waals surface area (Å²) in [7, 11) is 0. The summed E-state index contributed by atoms with van der Waals surface area (Å²) in [5.41, 5.74) is 0.692. The van der Waals surface area contributed by atoms with Crippen molar-refractivity contribution in [2.45, 2.75) is 13.1 Å². The van der Waals surface area contributed by atoms with Crippen molar-refractivity contribution in [1.29, 1.82) is 0 Å². The Labute approximate surface area is 231 Å². The minimum absolute atomic E-state index is 0.0565. The Balaban J connectivity index is 1.41. The van der Waals surface area contributed by atoms with Crippen LogP contribution in [0.2, 0.25) is 0 Å².